The van der Waals surface area contributed by atoms with Gasteiger partial charge in [-0.1, -0.05) is 0 Å². The van der Waals surface area contributed by atoms with Gasteiger partial charge in [-0.3, -0.25) is 4.90 Å². The molecular formula is C7H12BF3KNO. The smallest absolute Gasteiger partial charge is 0.445 e. The number of halogens is 3. The first kappa shape index (κ1) is 15.2. The number of nitrogens with zero attached hydrogens (tertiary/aromatic N) is 1. The van der Waals surface area contributed by atoms with Crippen LogP contribution in [0.4, 0.5) is 12.9 Å². The van der Waals surface area contributed by atoms with Crippen LogP contribution in [0.2, 0.25) is 0 Å². The van der Waals surface area contributed by atoms with Gasteiger partial charge < -0.3 is 17.7 Å². The van der Waals surface area contributed by atoms with Crippen LogP contribution < -0.4 is 51.4 Å². The van der Waals surface area contributed by atoms with Crippen molar-refractivity contribution in [3.05, 3.63) is 12.1 Å². The van der Waals surface area contributed by atoms with Crippen LogP contribution in [0.1, 0.15) is 0 Å². The molecule has 76 valence electrons. The Labute approximate surface area is 124 Å². The molecule has 0 saturated carbocycles. The predicted molar refractivity (Wildman–Crippen MR) is 45.5 cm³/mol. The van der Waals surface area contributed by atoms with Crippen LogP contribution in [-0.2, 0) is 4.74 Å². The quantitative estimate of drug-likeness (QED) is 0.537. The fourth-order valence-electron chi connectivity index (χ4n) is 1.15. The molecule has 0 N–H and O–H groups in total. The fraction of sp³-hybridized carbons (Fsp3) is 0.714. The summed E-state index contributed by atoms with van der Waals surface area (Å²) in [6, 6.07) is 0. The van der Waals surface area contributed by atoms with Gasteiger partial charge in [0.25, 0.3) is 0 Å². The van der Waals surface area contributed by atoms with Crippen molar-refractivity contribution < 1.29 is 69.1 Å². The van der Waals surface area contributed by atoms with Crippen molar-refractivity contribution in [1.29, 1.82) is 0 Å². The molecule has 1 rings (SSSR count). The third kappa shape index (κ3) is 5.29. The standard InChI is InChI=1S/C7H12BF3NO.K/c1-7(8(9,10)11)6-12-2-4-13-5-3-12;/h1-6H2;/q-1;+1. The van der Waals surface area contributed by atoms with Crippen LogP contribution in [0.15, 0.2) is 12.1 Å². The van der Waals surface area contributed by atoms with E-state index in [1.165, 1.54) is 0 Å². The number of hydrogen-bond acceptors (Lipinski definition) is 2. The molecule has 0 unspecified atom stereocenters. The largest absolute Gasteiger partial charge is 1.00 e. The molecule has 7 heteroatoms. The number of hydrogen-bond donors (Lipinski definition) is 0. The molecular weight excluding hydrogens is 221 g/mol. The molecule has 0 aromatic rings. The molecule has 1 saturated heterocycles. The molecule has 0 radical (unpaired) electrons. The summed E-state index contributed by atoms with van der Waals surface area (Å²) in [5.41, 5.74) is -0.623. The van der Waals surface area contributed by atoms with Gasteiger partial charge in [0.1, 0.15) is 0 Å². The summed E-state index contributed by atoms with van der Waals surface area (Å²) in [5.74, 6) is 0. The third-order valence-corrected chi connectivity index (χ3v) is 1.99. The minimum atomic E-state index is -4.88. The number of ether oxygens (including phenoxy) is 1. The van der Waals surface area contributed by atoms with Gasteiger partial charge in [0.2, 0.25) is 0 Å². The molecule has 0 spiro atoms. The van der Waals surface area contributed by atoms with E-state index in [0.29, 0.717) is 26.3 Å². The predicted octanol–water partition coefficient (Wildman–Crippen LogP) is -1.73. The zero-order valence-corrected chi connectivity index (χ0v) is 11.4. The van der Waals surface area contributed by atoms with E-state index in [4.69, 9.17) is 4.74 Å². The second-order valence-corrected chi connectivity index (χ2v) is 3.12. The van der Waals surface area contributed by atoms with E-state index in [2.05, 4.69) is 6.58 Å². The maximum absolute atomic E-state index is 12.1. The van der Waals surface area contributed by atoms with Crippen LogP contribution in [0.25, 0.3) is 0 Å². The van der Waals surface area contributed by atoms with E-state index < -0.39 is 12.4 Å². The first-order valence-corrected chi connectivity index (χ1v) is 4.18. The van der Waals surface area contributed by atoms with Gasteiger partial charge in [-0.2, -0.15) is 0 Å². The second-order valence-electron chi connectivity index (χ2n) is 3.12. The second kappa shape index (κ2) is 6.67. The Morgan fingerprint density at radius 3 is 2.21 bits per heavy atom. The molecule has 1 heterocycles. The van der Waals surface area contributed by atoms with Crippen molar-refractivity contribution in [2.45, 2.75) is 0 Å². The SMILES string of the molecule is C=C(CN1CCOCC1)[B-](F)(F)F.[K+]. The maximum atomic E-state index is 12.1. The molecule has 14 heavy (non-hydrogen) atoms. The van der Waals surface area contributed by atoms with Gasteiger partial charge in [0, 0.05) is 13.1 Å². The molecule has 0 aromatic heterocycles. The first-order valence-electron chi connectivity index (χ1n) is 4.18. The van der Waals surface area contributed by atoms with E-state index >= 15 is 0 Å². The Kier molecular flexibility index (Phi) is 7.22. The van der Waals surface area contributed by atoms with Gasteiger partial charge in [-0.25, -0.2) is 0 Å². The molecule has 1 fully saturated rings. The van der Waals surface area contributed by atoms with Gasteiger partial charge in [-0.05, 0) is 6.54 Å². The molecule has 0 atom stereocenters. The van der Waals surface area contributed by atoms with Gasteiger partial charge in [0.15, 0.2) is 0 Å². The molecule has 1 aliphatic heterocycles. The summed E-state index contributed by atoms with van der Waals surface area (Å²) < 4.78 is 41.3. The molecule has 0 bridgehead atoms. The fourth-order valence-corrected chi connectivity index (χ4v) is 1.15. The Balaban J connectivity index is 0.00000169. The van der Waals surface area contributed by atoms with Crippen LogP contribution in [0.3, 0.4) is 0 Å². The Hall–Kier alpha value is 1.15. The van der Waals surface area contributed by atoms with E-state index in [-0.39, 0.29) is 57.9 Å². The minimum Gasteiger partial charge on any atom is -0.445 e. The average Bonchev–Trinajstić information content (AvgIpc) is 2.04. The average molecular weight is 233 g/mol. The molecule has 0 amide bonds. The summed E-state index contributed by atoms with van der Waals surface area (Å²) >= 11 is 0. The van der Waals surface area contributed by atoms with Gasteiger partial charge in [-0.15, -0.1) is 12.1 Å². The zero-order chi connectivity index (χ0) is 9.90. The van der Waals surface area contributed by atoms with Crippen LogP contribution in [0, 0.1) is 0 Å². The Morgan fingerprint density at radius 2 is 1.79 bits per heavy atom. The molecule has 1 aliphatic rings. The summed E-state index contributed by atoms with van der Waals surface area (Å²) in [5, 5.41) is 0. The monoisotopic (exact) mass is 233 g/mol. The number of morpholine rings is 1. The summed E-state index contributed by atoms with van der Waals surface area (Å²) in [4.78, 5) is 1.71. The van der Waals surface area contributed by atoms with E-state index in [9.17, 15) is 12.9 Å². The van der Waals surface area contributed by atoms with Crippen LogP contribution in [0.5, 0.6) is 0 Å². The summed E-state index contributed by atoms with van der Waals surface area (Å²) in [6.45, 7) is 0.234. The summed E-state index contributed by atoms with van der Waals surface area (Å²) in [7, 11) is 0. The minimum absolute atomic E-state index is 0. The van der Waals surface area contributed by atoms with Crippen molar-refractivity contribution in [3.63, 3.8) is 0 Å². The Bertz CT molecular complexity index is 194. The Morgan fingerprint density at radius 1 is 1.29 bits per heavy atom. The molecule has 0 aliphatic carbocycles. The zero-order valence-electron chi connectivity index (χ0n) is 8.31. The van der Waals surface area contributed by atoms with Crippen molar-refractivity contribution in [2.24, 2.45) is 0 Å². The van der Waals surface area contributed by atoms with Crippen molar-refractivity contribution in [3.8, 4) is 0 Å². The topological polar surface area (TPSA) is 12.5 Å². The van der Waals surface area contributed by atoms with E-state index in [1.54, 1.807) is 4.90 Å². The van der Waals surface area contributed by atoms with Crippen molar-refractivity contribution in [2.75, 3.05) is 32.8 Å². The van der Waals surface area contributed by atoms with Gasteiger partial charge in [0.05, 0.1) is 13.2 Å². The first-order chi connectivity index (χ1) is 6.00. The van der Waals surface area contributed by atoms with Crippen LogP contribution in [-0.4, -0.2) is 44.7 Å². The number of rotatable bonds is 3. The van der Waals surface area contributed by atoms with Gasteiger partial charge >= 0.3 is 58.4 Å². The normalized spacial score (nSPS) is 18.8. The van der Waals surface area contributed by atoms with E-state index in [1.807, 2.05) is 0 Å². The van der Waals surface area contributed by atoms with Crippen LogP contribution >= 0.6 is 0 Å². The van der Waals surface area contributed by atoms with E-state index in [0.717, 1.165) is 0 Å². The van der Waals surface area contributed by atoms with Crippen molar-refractivity contribution >= 4 is 6.98 Å². The summed E-state index contributed by atoms with van der Waals surface area (Å²) in [6.07, 6.45) is 0. The molecule has 2 nitrogen and oxygen atoms in total. The maximum Gasteiger partial charge on any atom is 1.00 e. The third-order valence-electron chi connectivity index (χ3n) is 1.99. The molecule has 0 aromatic carbocycles. The van der Waals surface area contributed by atoms with Crippen molar-refractivity contribution in [1.82, 2.24) is 4.90 Å².